The molecule has 688 valence electrons. The number of hydrogen-bond donors (Lipinski definition) is 3. The van der Waals surface area contributed by atoms with E-state index in [9.17, 15) is 52.6 Å². The van der Waals surface area contributed by atoms with Gasteiger partial charge in [-0.2, -0.15) is 0 Å². The number of carboxylic acids is 3. The van der Waals surface area contributed by atoms with Gasteiger partial charge in [0.05, 0.1) is 98.3 Å². The third kappa shape index (κ3) is 52.1. The average molecular weight is 2190 g/mol. The van der Waals surface area contributed by atoms with E-state index in [0.29, 0.717) is 44.0 Å². The summed E-state index contributed by atoms with van der Waals surface area (Å²) in [6.45, 7) is 9.36. The van der Waals surface area contributed by atoms with E-state index < -0.39 is 40.3 Å². The minimum atomic E-state index is -1.61. The van der Waals surface area contributed by atoms with E-state index in [4.69, 9.17) is 106 Å². The van der Waals surface area contributed by atoms with Crippen molar-refractivity contribution in [3.05, 3.63) is 279 Å². The number of methoxy groups -OCH3 is 7. The molecule has 0 spiro atoms. The standard InChI is InChI=1S/C19H20O5S.C18H18O5S.C16H16O4S.C11H11BrO4.C9H8Br2O2.C9H9BrO2.C4H8O.C2H4O2.CCl4.CH3F.K/c1-13(20)24-11-16-7-6-15(19(21)23-3)10-18(16)25-12-14-4-8-17(22-2)9-5-14;1-12(19)23-10-15-6-5-14(18(20)21)9-17(15)24-11-13-3-7-16(22-2)8-4-13;1-20-14-6-2-11(3-7-14)10-21-15-8-12(16(18)19)4-5-13(15)9-17;1-7(13)16-6-9-4-3-8(5-10(9)12)11(14)15-2;1-13-9(12)6-2-3-7(5-10)8(11)4-6;1-6-3-4-7(5-8(6)10)9(11)12-2;1-2-4-5-3-1;1-2(3)4;2-1(3,4)5;1-2;/h4-10H,11-12H2,1-3H3;3-9H,10-11H2,1-2H3,(H,20,21);2-8,17H,9-10H2,1H3,(H,18,19);3-5H,6H2,1-2H3;2-4H,5H2,1H3;3-5H,1-2H3;1-4H2;1H3,(H,3,4);;1H3;/q;;;;;;;;;;+1/p-1/i;;;;;;;;;1D;. The number of benzene rings is 9. The SMILES string of the molecule is C1CCOC1.CC(=O)[O-].COC(=O)c1ccc(C)c(Br)c1.COC(=O)c1ccc(CBr)c(Br)c1.COC(=O)c1ccc(COC(C)=O)c(Br)c1.COC(=O)c1ccc(COC(C)=O)c(SCc2ccc(OC)cc2)c1.COc1ccc(CSc2cc(C(=O)O)ccc2CO)cc1.COc1ccc(CSc2cc(C(=O)O)ccc2COC(C)=O)cc1.ClC(Cl)(Cl)Cl.[2H]CF.[K+]. The Kier molecular flexibility index (Phi) is 63.7. The third-order valence-corrected chi connectivity index (χ3v) is 22.2. The van der Waals surface area contributed by atoms with E-state index in [1.54, 1.807) is 118 Å². The van der Waals surface area contributed by atoms with Crippen LogP contribution in [0.1, 0.15) is 154 Å². The van der Waals surface area contributed by atoms with Crippen molar-refractivity contribution in [2.75, 3.05) is 70.1 Å². The Bertz CT molecular complexity index is 4970. The van der Waals surface area contributed by atoms with Gasteiger partial charge in [0.1, 0.15) is 37.1 Å². The number of carboxylic acid groups (broad SMARTS) is 3. The number of aliphatic carboxylic acids is 1. The zero-order valence-electron chi connectivity index (χ0n) is 73.0. The van der Waals surface area contributed by atoms with Crippen molar-refractivity contribution in [2.45, 2.75) is 114 Å². The summed E-state index contributed by atoms with van der Waals surface area (Å²) < 4.78 is 70.3. The maximum absolute atomic E-state index is 11.8. The van der Waals surface area contributed by atoms with Crippen molar-refractivity contribution in [3.63, 3.8) is 0 Å². The Balaban J connectivity index is 0.00000149. The van der Waals surface area contributed by atoms with E-state index in [1.165, 1.54) is 97.7 Å². The first-order chi connectivity index (χ1) is 60.7. The predicted molar refractivity (Wildman–Crippen MR) is 502 cm³/mol. The molecule has 10 rings (SSSR count). The number of aliphatic hydroxyl groups is 1. The van der Waals surface area contributed by atoms with E-state index in [1.807, 2.05) is 91.9 Å². The van der Waals surface area contributed by atoms with E-state index in [-0.39, 0.29) is 119 Å². The van der Waals surface area contributed by atoms with Gasteiger partial charge in [0.15, 0.2) is 0 Å². The number of carbonyl (C=O) groups is 10. The maximum Gasteiger partial charge on any atom is 1.00 e. The van der Waals surface area contributed by atoms with Crippen LogP contribution in [0.3, 0.4) is 0 Å². The number of ether oxygens (including phenoxy) is 11. The summed E-state index contributed by atoms with van der Waals surface area (Å²) in [6, 6.07) is 53.6. The van der Waals surface area contributed by atoms with Crippen LogP contribution in [0, 0.1) is 6.92 Å². The van der Waals surface area contributed by atoms with Crippen LogP contribution in [-0.2, 0) is 106 Å². The van der Waals surface area contributed by atoms with Crippen LogP contribution in [0.2, 0.25) is 0 Å². The topological polar surface area (TPSA) is 356 Å². The zero-order valence-corrected chi connectivity index (χ0v) is 86.9. The molecule has 1 fully saturated rings. The van der Waals surface area contributed by atoms with Gasteiger partial charge in [0, 0.05) is 107 Å². The van der Waals surface area contributed by atoms with Crippen molar-refractivity contribution in [1.29, 1.82) is 0 Å². The van der Waals surface area contributed by atoms with Gasteiger partial charge in [0.2, 0.25) is 0 Å². The van der Waals surface area contributed by atoms with Crippen LogP contribution >= 0.6 is 145 Å². The molecule has 0 aliphatic carbocycles. The van der Waals surface area contributed by atoms with Gasteiger partial charge in [-0.15, -0.1) is 35.3 Å². The van der Waals surface area contributed by atoms with Crippen molar-refractivity contribution in [2.24, 2.45) is 0 Å². The third-order valence-electron chi connectivity index (χ3n) is 15.8. The van der Waals surface area contributed by atoms with E-state index in [0.717, 1.165) is 116 Å². The van der Waals surface area contributed by atoms with Crippen molar-refractivity contribution >= 4 is 205 Å². The number of carbonyl (C=O) groups excluding carboxylic acids is 8. The predicted octanol–water partition coefficient (Wildman–Crippen LogP) is 18.4. The van der Waals surface area contributed by atoms with E-state index >= 15 is 0 Å². The van der Waals surface area contributed by atoms with Crippen molar-refractivity contribution in [3.8, 4) is 17.2 Å². The summed E-state index contributed by atoms with van der Waals surface area (Å²) in [5.41, 5.74) is 11.1. The first kappa shape index (κ1) is 119. The maximum atomic E-state index is 11.8. The van der Waals surface area contributed by atoms with Crippen LogP contribution in [0.4, 0.5) is 4.39 Å². The first-order valence-electron chi connectivity index (χ1n) is 37.6. The molecular formula is C90H96Br4Cl4FKO25S3. The summed E-state index contributed by atoms with van der Waals surface area (Å²) in [6.07, 6.45) is 2.56. The molecule has 25 nitrogen and oxygen atoms in total. The second-order valence-corrected chi connectivity index (χ2v) is 34.5. The molecule has 0 aromatic heterocycles. The number of aryl methyl sites for hydroxylation is 1. The molecule has 1 aliphatic heterocycles. The van der Waals surface area contributed by atoms with Gasteiger partial charge < -0.3 is 77.3 Å². The Hall–Kier alpha value is -7.30. The fraction of sp³-hybridized carbons (Fsp3) is 0.289. The molecule has 0 radical (unpaired) electrons. The number of alkyl halides is 6. The normalized spacial score (nSPS) is 10.5. The summed E-state index contributed by atoms with van der Waals surface area (Å²) in [7, 11) is 9.27. The second kappa shape index (κ2) is 68.7. The fourth-order valence-electron chi connectivity index (χ4n) is 9.29. The zero-order chi connectivity index (χ0) is 96.4. The molecule has 1 saturated heterocycles. The molecule has 0 bridgehead atoms. The molecular weight excluding hydrogens is 2100 g/mol. The van der Waals surface area contributed by atoms with Crippen LogP contribution in [0.15, 0.2) is 210 Å². The molecule has 38 heteroatoms. The molecule has 128 heavy (non-hydrogen) atoms. The number of halogens is 9. The van der Waals surface area contributed by atoms with Gasteiger partial charge in [-0.25, -0.2) is 28.8 Å². The Morgan fingerprint density at radius 2 is 0.695 bits per heavy atom. The van der Waals surface area contributed by atoms with Crippen molar-refractivity contribution < 1.29 is 178 Å². The number of rotatable bonds is 26. The first-order valence-corrected chi connectivity index (χ1v) is 44.9. The minimum absolute atomic E-state index is 0. The van der Waals surface area contributed by atoms with Gasteiger partial charge >= 0.3 is 105 Å². The van der Waals surface area contributed by atoms with Gasteiger partial charge in [-0.3, -0.25) is 18.8 Å². The Morgan fingerprint density at radius 3 is 0.953 bits per heavy atom. The van der Waals surface area contributed by atoms with Crippen LogP contribution < -0.4 is 70.7 Å². The number of hydrogen-bond acceptors (Lipinski definition) is 26. The monoisotopic (exact) mass is 2190 g/mol. The van der Waals surface area contributed by atoms with Crippen LogP contribution in [0.25, 0.3) is 0 Å². The largest absolute Gasteiger partial charge is 1.00 e. The second-order valence-electron chi connectivity index (χ2n) is 24.9. The molecule has 9 aromatic rings. The molecule has 0 amide bonds. The van der Waals surface area contributed by atoms with Gasteiger partial charge in [-0.05, 0) is 169 Å². The average Bonchev–Trinajstić information content (AvgIpc) is 1.57. The number of thioether (sulfide) groups is 3. The Labute approximate surface area is 854 Å². The molecule has 1 aliphatic rings. The van der Waals surface area contributed by atoms with E-state index in [2.05, 4.69) is 77.9 Å². The number of aromatic carboxylic acids is 2. The minimum Gasteiger partial charge on any atom is -0.550 e. The number of aliphatic hydroxyl groups excluding tert-OH is 1. The summed E-state index contributed by atoms with van der Waals surface area (Å²) in [5, 5.41) is 37.2. The molecule has 3 N–H and O–H groups in total. The van der Waals surface area contributed by atoms with Gasteiger partial charge in [-0.1, -0.05) is 183 Å². The molecule has 0 unspecified atom stereocenters. The van der Waals surface area contributed by atoms with Gasteiger partial charge in [0.25, 0.3) is 3.25 Å². The smallest absolute Gasteiger partial charge is 0.550 e. The quantitative estimate of drug-likeness (QED) is 0.0149. The molecule has 0 atom stereocenters. The Morgan fingerprint density at radius 1 is 0.438 bits per heavy atom. The molecule has 0 saturated carbocycles. The summed E-state index contributed by atoms with van der Waals surface area (Å²) in [4.78, 5) is 111. The van der Waals surface area contributed by atoms with Crippen molar-refractivity contribution in [1.82, 2.24) is 0 Å². The molecule has 1 heterocycles. The fourth-order valence-corrected chi connectivity index (χ4v) is 14.7. The summed E-state index contributed by atoms with van der Waals surface area (Å²) in [5.74, 6) is -1.07. The number of esters is 7. The van der Waals surface area contributed by atoms with Crippen LogP contribution in [0.5, 0.6) is 17.2 Å². The summed E-state index contributed by atoms with van der Waals surface area (Å²) >= 11 is 37.2. The molecule has 9 aromatic carbocycles. The van der Waals surface area contributed by atoms with Crippen LogP contribution in [-0.4, -0.2) is 148 Å².